The van der Waals surface area contributed by atoms with E-state index in [0.717, 1.165) is 18.9 Å². The third kappa shape index (κ3) is 5.50. The van der Waals surface area contributed by atoms with E-state index in [0.29, 0.717) is 25.5 Å². The molecule has 0 aliphatic carbocycles. The van der Waals surface area contributed by atoms with Gasteiger partial charge in [-0.2, -0.15) is 13.2 Å². The van der Waals surface area contributed by atoms with E-state index in [1.54, 1.807) is 21.7 Å². The van der Waals surface area contributed by atoms with Gasteiger partial charge in [0.1, 0.15) is 5.82 Å². The number of urea groups is 1. The van der Waals surface area contributed by atoms with Crippen LogP contribution in [0.15, 0.2) is 36.7 Å². The zero-order chi connectivity index (χ0) is 20.9. The highest BCUT2D eigenvalue weighted by molar-refractivity contribution is 5.74. The molecule has 158 valence electrons. The van der Waals surface area contributed by atoms with Crippen LogP contribution >= 0.6 is 0 Å². The van der Waals surface area contributed by atoms with Gasteiger partial charge in [0.2, 0.25) is 0 Å². The van der Waals surface area contributed by atoms with Crippen molar-refractivity contribution >= 4 is 6.03 Å². The van der Waals surface area contributed by atoms with E-state index < -0.39 is 11.7 Å². The molecular weight excluding hydrogens is 385 g/mol. The van der Waals surface area contributed by atoms with E-state index in [-0.39, 0.29) is 30.8 Å². The Bertz CT molecular complexity index is 816. The summed E-state index contributed by atoms with van der Waals surface area (Å²) in [5.41, 5.74) is -0.512. The molecule has 1 atom stereocenters. The quantitative estimate of drug-likeness (QED) is 0.758. The number of hydrogen-bond acceptors (Lipinski definition) is 3. The number of nitrogens with one attached hydrogen (secondary N) is 1. The Kier molecular flexibility index (Phi) is 6.79. The molecule has 1 saturated heterocycles. The van der Waals surface area contributed by atoms with Gasteiger partial charge in [-0.05, 0) is 31.4 Å². The number of carbonyl (C=O) groups excluding carboxylic acids is 1. The van der Waals surface area contributed by atoms with Crippen LogP contribution in [0.4, 0.5) is 18.0 Å². The molecule has 9 heteroatoms. The first-order chi connectivity index (χ1) is 13.9. The standard InChI is InChI=1S/C20H25F3N4O2/c1-2-24-19(28)27(13-16-7-5-11-29-16)14-18-25-9-10-26(18)12-15-6-3-4-8-17(15)20(21,22)23/h3-4,6,8-10,16H,2,5,7,11-14H2,1H3,(H,24,28). The largest absolute Gasteiger partial charge is 0.416 e. The molecule has 0 spiro atoms. The Labute approximate surface area is 167 Å². The molecular formula is C20H25F3N4O2. The highest BCUT2D eigenvalue weighted by atomic mass is 19.4. The summed E-state index contributed by atoms with van der Waals surface area (Å²) in [6, 6.07) is 5.25. The second kappa shape index (κ2) is 9.30. The maximum Gasteiger partial charge on any atom is 0.416 e. The number of carbonyl (C=O) groups is 1. The highest BCUT2D eigenvalue weighted by Crippen LogP contribution is 2.32. The fraction of sp³-hybridized carbons (Fsp3) is 0.500. The molecule has 0 radical (unpaired) electrons. The summed E-state index contributed by atoms with van der Waals surface area (Å²) in [7, 11) is 0. The lowest BCUT2D eigenvalue weighted by Crippen LogP contribution is -2.43. The van der Waals surface area contributed by atoms with Crippen LogP contribution in [0.5, 0.6) is 0 Å². The summed E-state index contributed by atoms with van der Waals surface area (Å²) >= 11 is 0. The van der Waals surface area contributed by atoms with Gasteiger partial charge in [-0.15, -0.1) is 0 Å². The minimum atomic E-state index is -4.43. The van der Waals surface area contributed by atoms with E-state index >= 15 is 0 Å². The molecule has 1 aromatic carbocycles. The number of imidazole rings is 1. The number of benzene rings is 1. The number of nitrogens with zero attached hydrogens (tertiary/aromatic N) is 3. The van der Waals surface area contributed by atoms with Gasteiger partial charge in [0.15, 0.2) is 0 Å². The SMILES string of the molecule is CCNC(=O)N(Cc1nccn1Cc1ccccc1C(F)(F)F)CC1CCCO1. The van der Waals surface area contributed by atoms with E-state index in [1.165, 1.54) is 18.3 Å². The van der Waals surface area contributed by atoms with Gasteiger partial charge in [-0.1, -0.05) is 18.2 Å². The van der Waals surface area contributed by atoms with E-state index in [9.17, 15) is 18.0 Å². The molecule has 1 aliphatic heterocycles. The number of rotatable bonds is 7. The lowest BCUT2D eigenvalue weighted by Gasteiger charge is -2.25. The fourth-order valence-electron chi connectivity index (χ4n) is 3.44. The summed E-state index contributed by atoms with van der Waals surface area (Å²) in [5.74, 6) is 0.520. The van der Waals surface area contributed by atoms with Gasteiger partial charge >= 0.3 is 12.2 Å². The monoisotopic (exact) mass is 410 g/mol. The van der Waals surface area contributed by atoms with E-state index in [2.05, 4.69) is 10.3 Å². The smallest absolute Gasteiger partial charge is 0.376 e. The van der Waals surface area contributed by atoms with Crippen molar-refractivity contribution in [2.45, 2.75) is 45.1 Å². The zero-order valence-electron chi connectivity index (χ0n) is 16.3. The van der Waals surface area contributed by atoms with Gasteiger partial charge in [0, 0.05) is 38.6 Å². The van der Waals surface area contributed by atoms with Crippen molar-refractivity contribution in [3.63, 3.8) is 0 Å². The van der Waals surface area contributed by atoms with E-state index in [1.807, 2.05) is 6.92 Å². The zero-order valence-corrected chi connectivity index (χ0v) is 16.3. The maximum atomic E-state index is 13.3. The molecule has 3 rings (SSSR count). The minimum Gasteiger partial charge on any atom is -0.376 e. The molecule has 1 aromatic heterocycles. The summed E-state index contributed by atoms with van der Waals surface area (Å²) in [6.45, 7) is 3.61. The summed E-state index contributed by atoms with van der Waals surface area (Å²) in [6.07, 6.45) is 0.536. The Morgan fingerprint density at radius 3 is 2.86 bits per heavy atom. The predicted molar refractivity (Wildman–Crippen MR) is 101 cm³/mol. The lowest BCUT2D eigenvalue weighted by molar-refractivity contribution is -0.138. The van der Waals surface area contributed by atoms with Crippen LogP contribution in [0.3, 0.4) is 0 Å². The first kappa shape index (κ1) is 21.2. The van der Waals surface area contributed by atoms with Crippen LogP contribution < -0.4 is 5.32 Å². The van der Waals surface area contributed by atoms with Crippen LogP contribution in [0.2, 0.25) is 0 Å². The molecule has 2 aromatic rings. The van der Waals surface area contributed by atoms with Crippen molar-refractivity contribution in [3.05, 3.63) is 53.6 Å². The number of amides is 2. The molecule has 6 nitrogen and oxygen atoms in total. The molecule has 1 N–H and O–H groups in total. The van der Waals surface area contributed by atoms with Gasteiger partial charge in [-0.25, -0.2) is 9.78 Å². The Balaban J connectivity index is 1.78. The summed E-state index contributed by atoms with van der Waals surface area (Å²) < 4.78 is 47.2. The Morgan fingerprint density at radius 2 is 2.17 bits per heavy atom. The molecule has 0 saturated carbocycles. The van der Waals surface area contributed by atoms with Gasteiger partial charge in [0.05, 0.1) is 18.2 Å². The maximum absolute atomic E-state index is 13.3. The normalized spacial score (nSPS) is 16.8. The Hall–Kier alpha value is -2.55. The van der Waals surface area contributed by atoms with Crippen molar-refractivity contribution in [2.75, 3.05) is 19.7 Å². The Morgan fingerprint density at radius 1 is 1.38 bits per heavy atom. The number of ether oxygens (including phenoxy) is 1. The fourth-order valence-corrected chi connectivity index (χ4v) is 3.44. The van der Waals surface area contributed by atoms with Crippen molar-refractivity contribution in [1.82, 2.24) is 19.8 Å². The average Bonchev–Trinajstić information content (AvgIpc) is 3.33. The molecule has 1 unspecified atom stereocenters. The second-order valence-corrected chi connectivity index (χ2v) is 6.98. The first-order valence-corrected chi connectivity index (χ1v) is 9.68. The highest BCUT2D eigenvalue weighted by Gasteiger charge is 2.33. The summed E-state index contributed by atoms with van der Waals surface area (Å²) in [4.78, 5) is 18.4. The minimum absolute atomic E-state index is 0.0220. The molecule has 2 amide bonds. The number of alkyl halides is 3. The van der Waals surface area contributed by atoms with Crippen LogP contribution in [-0.4, -0.2) is 46.3 Å². The third-order valence-electron chi connectivity index (χ3n) is 4.86. The van der Waals surface area contributed by atoms with Crippen LogP contribution in [0.25, 0.3) is 0 Å². The summed E-state index contributed by atoms with van der Waals surface area (Å²) in [5, 5.41) is 2.78. The molecule has 29 heavy (non-hydrogen) atoms. The van der Waals surface area contributed by atoms with Crippen molar-refractivity contribution in [1.29, 1.82) is 0 Å². The molecule has 0 bridgehead atoms. The van der Waals surface area contributed by atoms with Gasteiger partial charge < -0.3 is 19.5 Å². The third-order valence-corrected chi connectivity index (χ3v) is 4.86. The lowest BCUT2D eigenvalue weighted by atomic mass is 10.1. The van der Waals surface area contributed by atoms with Gasteiger partial charge in [0.25, 0.3) is 0 Å². The van der Waals surface area contributed by atoms with Crippen LogP contribution in [0.1, 0.15) is 36.7 Å². The topological polar surface area (TPSA) is 59.4 Å². The number of hydrogen-bond donors (Lipinski definition) is 1. The first-order valence-electron chi connectivity index (χ1n) is 9.68. The van der Waals surface area contributed by atoms with Crippen LogP contribution in [0, 0.1) is 0 Å². The number of halogens is 3. The molecule has 2 heterocycles. The van der Waals surface area contributed by atoms with Crippen molar-refractivity contribution < 1.29 is 22.7 Å². The van der Waals surface area contributed by atoms with E-state index in [4.69, 9.17) is 4.74 Å². The number of aromatic nitrogens is 2. The van der Waals surface area contributed by atoms with Crippen molar-refractivity contribution in [2.24, 2.45) is 0 Å². The predicted octanol–water partition coefficient (Wildman–Crippen LogP) is 3.66. The second-order valence-electron chi connectivity index (χ2n) is 6.98. The molecule has 1 fully saturated rings. The van der Waals surface area contributed by atoms with Crippen LogP contribution in [-0.2, 0) is 24.0 Å². The van der Waals surface area contributed by atoms with Crippen molar-refractivity contribution in [3.8, 4) is 0 Å². The average molecular weight is 410 g/mol. The van der Waals surface area contributed by atoms with Gasteiger partial charge in [-0.3, -0.25) is 0 Å². The molecule has 1 aliphatic rings.